The van der Waals surface area contributed by atoms with E-state index in [1.54, 1.807) is 23.0 Å². The molecule has 0 atom stereocenters. The van der Waals surface area contributed by atoms with Crippen LogP contribution in [0.5, 0.6) is 0 Å². The topological polar surface area (TPSA) is 60.9 Å². The van der Waals surface area contributed by atoms with Crippen molar-refractivity contribution in [1.29, 1.82) is 0 Å². The summed E-state index contributed by atoms with van der Waals surface area (Å²) < 4.78 is 1.64. The van der Waals surface area contributed by atoms with Crippen LogP contribution in [0.4, 0.5) is 5.69 Å². The van der Waals surface area contributed by atoms with Crippen molar-refractivity contribution in [3.05, 3.63) is 47.1 Å². The molecule has 0 fully saturated rings. The lowest BCUT2D eigenvalue weighted by atomic mass is 10.1. The second kappa shape index (κ2) is 4.41. The molecular formula is C13H15N3O. The molecule has 0 unspecified atom stereocenters. The lowest BCUT2D eigenvalue weighted by Crippen LogP contribution is -2.24. The van der Waals surface area contributed by atoms with E-state index in [4.69, 9.17) is 5.73 Å². The Morgan fingerprint density at radius 2 is 1.88 bits per heavy atom. The summed E-state index contributed by atoms with van der Waals surface area (Å²) in [4.78, 5) is 15.8. The summed E-state index contributed by atoms with van der Waals surface area (Å²) in [6, 6.07) is 5.58. The predicted molar refractivity (Wildman–Crippen MR) is 68.7 cm³/mol. The number of pyridine rings is 2. The Kier molecular flexibility index (Phi) is 2.95. The third kappa shape index (κ3) is 2.20. The van der Waals surface area contributed by atoms with Crippen molar-refractivity contribution in [2.75, 3.05) is 5.73 Å². The monoisotopic (exact) mass is 229 g/mol. The SMILES string of the molecule is CC(C)n1cc(-c2ccncc2)cc(N)c1=O. The van der Waals surface area contributed by atoms with Crippen LogP contribution < -0.4 is 11.3 Å². The zero-order valence-electron chi connectivity index (χ0n) is 9.92. The molecule has 4 heteroatoms. The second-order valence-electron chi connectivity index (χ2n) is 4.23. The number of nitrogen functional groups attached to an aromatic ring is 1. The number of aromatic nitrogens is 2. The third-order valence-electron chi connectivity index (χ3n) is 2.64. The first-order chi connectivity index (χ1) is 8.09. The molecule has 0 amide bonds. The van der Waals surface area contributed by atoms with Crippen molar-refractivity contribution in [2.24, 2.45) is 0 Å². The number of nitrogens with zero attached hydrogens (tertiary/aromatic N) is 2. The van der Waals surface area contributed by atoms with Gasteiger partial charge in [0, 0.05) is 30.2 Å². The van der Waals surface area contributed by atoms with Crippen molar-refractivity contribution in [3.8, 4) is 11.1 Å². The van der Waals surface area contributed by atoms with Gasteiger partial charge in [-0.1, -0.05) is 0 Å². The summed E-state index contributed by atoms with van der Waals surface area (Å²) in [6.45, 7) is 3.91. The first-order valence-electron chi connectivity index (χ1n) is 5.51. The Morgan fingerprint density at radius 1 is 1.24 bits per heavy atom. The Labute approximate surface area is 99.7 Å². The summed E-state index contributed by atoms with van der Waals surface area (Å²) in [5.74, 6) is 0. The highest BCUT2D eigenvalue weighted by Gasteiger charge is 2.07. The molecule has 4 nitrogen and oxygen atoms in total. The molecule has 0 aromatic carbocycles. The van der Waals surface area contributed by atoms with Crippen LogP contribution in [-0.4, -0.2) is 9.55 Å². The van der Waals surface area contributed by atoms with Gasteiger partial charge in [-0.2, -0.15) is 0 Å². The summed E-state index contributed by atoms with van der Waals surface area (Å²) >= 11 is 0. The molecule has 2 aromatic rings. The quantitative estimate of drug-likeness (QED) is 0.857. The van der Waals surface area contributed by atoms with Crippen LogP contribution >= 0.6 is 0 Å². The minimum Gasteiger partial charge on any atom is -0.394 e. The number of anilines is 1. The van der Waals surface area contributed by atoms with E-state index in [1.165, 1.54) is 0 Å². The fourth-order valence-electron chi connectivity index (χ4n) is 1.71. The fraction of sp³-hybridized carbons (Fsp3) is 0.231. The summed E-state index contributed by atoms with van der Waals surface area (Å²) in [5, 5.41) is 0. The standard InChI is InChI=1S/C13H15N3O/c1-9(2)16-8-11(7-12(14)13(16)17)10-3-5-15-6-4-10/h3-9H,14H2,1-2H3. The fourth-order valence-corrected chi connectivity index (χ4v) is 1.71. The average Bonchev–Trinajstić information content (AvgIpc) is 2.33. The van der Waals surface area contributed by atoms with E-state index in [0.717, 1.165) is 11.1 Å². The molecule has 0 saturated carbocycles. The number of hydrogen-bond acceptors (Lipinski definition) is 3. The van der Waals surface area contributed by atoms with Gasteiger partial charge in [0.05, 0.1) is 5.69 Å². The van der Waals surface area contributed by atoms with Gasteiger partial charge in [0.15, 0.2) is 0 Å². The normalized spacial score (nSPS) is 10.8. The largest absolute Gasteiger partial charge is 0.394 e. The van der Waals surface area contributed by atoms with E-state index in [2.05, 4.69) is 4.98 Å². The maximum Gasteiger partial charge on any atom is 0.273 e. The van der Waals surface area contributed by atoms with Crippen LogP contribution in [0.1, 0.15) is 19.9 Å². The van der Waals surface area contributed by atoms with E-state index in [9.17, 15) is 4.79 Å². The minimum absolute atomic E-state index is 0.0894. The molecule has 2 N–H and O–H groups in total. The van der Waals surface area contributed by atoms with Crippen LogP contribution in [0.3, 0.4) is 0 Å². The van der Waals surface area contributed by atoms with E-state index in [1.807, 2.05) is 32.2 Å². The Balaban J connectivity index is 2.62. The number of hydrogen-bond donors (Lipinski definition) is 1. The molecule has 0 saturated heterocycles. The van der Waals surface area contributed by atoms with E-state index in [0.29, 0.717) is 0 Å². The lowest BCUT2D eigenvalue weighted by Gasteiger charge is -2.13. The van der Waals surface area contributed by atoms with Gasteiger partial charge in [-0.25, -0.2) is 0 Å². The summed E-state index contributed by atoms with van der Waals surface area (Å²) in [5.41, 5.74) is 7.81. The summed E-state index contributed by atoms with van der Waals surface area (Å²) in [6.07, 6.45) is 5.27. The lowest BCUT2D eigenvalue weighted by molar-refractivity contribution is 0.581. The molecule has 0 bridgehead atoms. The highest BCUT2D eigenvalue weighted by atomic mass is 16.1. The smallest absolute Gasteiger partial charge is 0.273 e. The van der Waals surface area contributed by atoms with Crippen LogP contribution in [0.25, 0.3) is 11.1 Å². The Morgan fingerprint density at radius 3 is 2.47 bits per heavy atom. The molecule has 0 aliphatic heterocycles. The molecule has 0 aliphatic carbocycles. The van der Waals surface area contributed by atoms with Crippen molar-refractivity contribution >= 4 is 5.69 Å². The molecule has 0 aliphatic rings. The zero-order chi connectivity index (χ0) is 12.4. The Bertz CT molecular complexity index is 573. The molecule has 2 rings (SSSR count). The molecular weight excluding hydrogens is 214 g/mol. The van der Waals surface area contributed by atoms with Gasteiger partial charge in [0.2, 0.25) is 0 Å². The molecule has 88 valence electrons. The second-order valence-corrected chi connectivity index (χ2v) is 4.23. The van der Waals surface area contributed by atoms with Gasteiger partial charge >= 0.3 is 0 Å². The van der Waals surface area contributed by atoms with Gasteiger partial charge in [-0.05, 0) is 37.6 Å². The van der Waals surface area contributed by atoms with Crippen LogP contribution in [-0.2, 0) is 0 Å². The average molecular weight is 229 g/mol. The predicted octanol–water partition coefficient (Wildman–Crippen LogP) is 2.07. The van der Waals surface area contributed by atoms with E-state index < -0.39 is 0 Å². The molecule has 0 radical (unpaired) electrons. The van der Waals surface area contributed by atoms with Crippen molar-refractivity contribution in [3.63, 3.8) is 0 Å². The maximum absolute atomic E-state index is 11.8. The molecule has 17 heavy (non-hydrogen) atoms. The highest BCUT2D eigenvalue weighted by Crippen LogP contribution is 2.19. The molecule has 0 spiro atoms. The zero-order valence-corrected chi connectivity index (χ0v) is 9.92. The first-order valence-corrected chi connectivity index (χ1v) is 5.51. The number of nitrogens with two attached hydrogens (primary N) is 1. The van der Waals surface area contributed by atoms with Crippen LogP contribution in [0.2, 0.25) is 0 Å². The van der Waals surface area contributed by atoms with Crippen LogP contribution in [0.15, 0.2) is 41.6 Å². The van der Waals surface area contributed by atoms with Crippen molar-refractivity contribution in [1.82, 2.24) is 9.55 Å². The van der Waals surface area contributed by atoms with Gasteiger partial charge < -0.3 is 10.3 Å². The van der Waals surface area contributed by atoms with Gasteiger partial charge in [0.1, 0.15) is 0 Å². The minimum atomic E-state index is -0.141. The van der Waals surface area contributed by atoms with Crippen LogP contribution in [0, 0.1) is 0 Å². The van der Waals surface area contributed by atoms with Crippen molar-refractivity contribution in [2.45, 2.75) is 19.9 Å². The highest BCUT2D eigenvalue weighted by molar-refractivity contribution is 5.65. The van der Waals surface area contributed by atoms with Gasteiger partial charge in [0.25, 0.3) is 5.56 Å². The van der Waals surface area contributed by atoms with E-state index >= 15 is 0 Å². The first kappa shape index (κ1) is 11.4. The third-order valence-corrected chi connectivity index (χ3v) is 2.64. The number of rotatable bonds is 2. The maximum atomic E-state index is 11.8. The van der Waals surface area contributed by atoms with Gasteiger partial charge in [-0.15, -0.1) is 0 Å². The molecule has 2 aromatic heterocycles. The van der Waals surface area contributed by atoms with Gasteiger partial charge in [-0.3, -0.25) is 9.78 Å². The summed E-state index contributed by atoms with van der Waals surface area (Å²) in [7, 11) is 0. The Hall–Kier alpha value is -2.10. The molecule has 2 heterocycles. The van der Waals surface area contributed by atoms with Crippen molar-refractivity contribution < 1.29 is 0 Å². The van der Waals surface area contributed by atoms with E-state index in [-0.39, 0.29) is 17.3 Å².